The highest BCUT2D eigenvalue weighted by atomic mass is 16.2. The summed E-state index contributed by atoms with van der Waals surface area (Å²) in [5, 5.41) is 2.98. The van der Waals surface area contributed by atoms with Gasteiger partial charge in [-0.1, -0.05) is 12.1 Å². The van der Waals surface area contributed by atoms with Crippen LogP contribution in [0.4, 0.5) is 0 Å². The Hall–Kier alpha value is -2.70. The third-order valence-electron chi connectivity index (χ3n) is 4.97. The summed E-state index contributed by atoms with van der Waals surface area (Å²) in [6, 6.07) is 6.85. The number of piperidine rings is 1. The van der Waals surface area contributed by atoms with Gasteiger partial charge in [-0.2, -0.15) is 0 Å². The van der Waals surface area contributed by atoms with Crippen LogP contribution in [0.3, 0.4) is 0 Å². The van der Waals surface area contributed by atoms with E-state index in [1.54, 1.807) is 36.1 Å². The minimum absolute atomic E-state index is 0.0655. The van der Waals surface area contributed by atoms with Crippen LogP contribution >= 0.6 is 0 Å². The van der Waals surface area contributed by atoms with E-state index in [1.165, 1.54) is 4.90 Å². The van der Waals surface area contributed by atoms with Crippen molar-refractivity contribution in [2.45, 2.75) is 38.6 Å². The Kier molecular flexibility index (Phi) is 5.35. The van der Waals surface area contributed by atoms with E-state index in [9.17, 15) is 19.2 Å². The van der Waals surface area contributed by atoms with E-state index in [0.29, 0.717) is 30.6 Å². The van der Waals surface area contributed by atoms with Gasteiger partial charge in [0.2, 0.25) is 11.8 Å². The molecule has 0 unspecified atom stereocenters. The zero-order valence-corrected chi connectivity index (χ0v) is 14.9. The maximum atomic E-state index is 12.3. The lowest BCUT2D eigenvalue weighted by molar-refractivity contribution is -0.130. The molecule has 1 N–H and O–H groups in total. The first-order valence-corrected chi connectivity index (χ1v) is 8.97. The van der Waals surface area contributed by atoms with Crippen molar-refractivity contribution >= 4 is 23.6 Å². The van der Waals surface area contributed by atoms with Crippen molar-refractivity contribution in [1.29, 1.82) is 0 Å². The number of hydrogen-bond donors (Lipinski definition) is 1. The third kappa shape index (κ3) is 3.76. The molecule has 2 heterocycles. The van der Waals surface area contributed by atoms with Gasteiger partial charge in [-0.3, -0.25) is 24.1 Å². The summed E-state index contributed by atoms with van der Waals surface area (Å²) < 4.78 is 0. The second-order valence-electron chi connectivity index (χ2n) is 6.76. The highest BCUT2D eigenvalue weighted by Crippen LogP contribution is 2.22. The van der Waals surface area contributed by atoms with Crippen LogP contribution in [0.2, 0.25) is 0 Å². The first kappa shape index (κ1) is 18.1. The van der Waals surface area contributed by atoms with Crippen molar-refractivity contribution in [2.24, 2.45) is 0 Å². The zero-order chi connectivity index (χ0) is 18.7. The molecular weight excluding hydrogens is 334 g/mol. The Morgan fingerprint density at radius 3 is 2.19 bits per heavy atom. The number of carbonyl (C=O) groups excluding carboxylic acids is 4. The molecular formula is C19H23N3O4. The van der Waals surface area contributed by atoms with E-state index in [4.69, 9.17) is 0 Å². The van der Waals surface area contributed by atoms with Gasteiger partial charge < -0.3 is 10.2 Å². The van der Waals surface area contributed by atoms with Crippen LogP contribution < -0.4 is 5.32 Å². The molecule has 1 aromatic carbocycles. The average molecular weight is 357 g/mol. The first-order valence-electron chi connectivity index (χ1n) is 8.97. The van der Waals surface area contributed by atoms with Crippen molar-refractivity contribution < 1.29 is 19.2 Å². The molecule has 0 atom stereocenters. The Bertz CT molecular complexity index is 703. The fourth-order valence-electron chi connectivity index (χ4n) is 3.48. The Morgan fingerprint density at radius 2 is 1.65 bits per heavy atom. The molecule has 26 heavy (non-hydrogen) atoms. The van der Waals surface area contributed by atoms with Gasteiger partial charge in [0.05, 0.1) is 11.1 Å². The molecule has 1 saturated heterocycles. The van der Waals surface area contributed by atoms with E-state index in [-0.39, 0.29) is 42.6 Å². The number of amides is 4. The van der Waals surface area contributed by atoms with Crippen molar-refractivity contribution in [3.63, 3.8) is 0 Å². The SMILES string of the molecule is CC(=O)N1CCC(NC(=O)CCCN2C(=O)c3ccccc3C2=O)CC1. The topological polar surface area (TPSA) is 86.8 Å². The summed E-state index contributed by atoms with van der Waals surface area (Å²) in [6.07, 6.45) is 2.21. The van der Waals surface area contributed by atoms with Gasteiger partial charge in [0.15, 0.2) is 0 Å². The van der Waals surface area contributed by atoms with Gasteiger partial charge >= 0.3 is 0 Å². The van der Waals surface area contributed by atoms with Gasteiger partial charge in [-0.05, 0) is 31.4 Å². The van der Waals surface area contributed by atoms with Crippen LogP contribution in [0.1, 0.15) is 53.3 Å². The van der Waals surface area contributed by atoms with Gasteiger partial charge in [0.25, 0.3) is 11.8 Å². The molecule has 0 saturated carbocycles. The Balaban J connectivity index is 1.42. The molecule has 0 aromatic heterocycles. The number of imide groups is 1. The van der Waals surface area contributed by atoms with Crippen LogP contribution in [0.15, 0.2) is 24.3 Å². The number of benzene rings is 1. The van der Waals surface area contributed by atoms with E-state index in [0.717, 1.165) is 12.8 Å². The maximum absolute atomic E-state index is 12.3. The molecule has 0 radical (unpaired) electrons. The largest absolute Gasteiger partial charge is 0.353 e. The van der Waals surface area contributed by atoms with Crippen molar-refractivity contribution in [2.75, 3.05) is 19.6 Å². The monoisotopic (exact) mass is 357 g/mol. The predicted octanol–water partition coefficient (Wildman–Crippen LogP) is 1.19. The summed E-state index contributed by atoms with van der Waals surface area (Å²) >= 11 is 0. The van der Waals surface area contributed by atoms with Crippen molar-refractivity contribution in [1.82, 2.24) is 15.1 Å². The zero-order valence-electron chi connectivity index (χ0n) is 14.9. The predicted molar refractivity (Wildman–Crippen MR) is 94.5 cm³/mol. The van der Waals surface area contributed by atoms with Crippen molar-refractivity contribution in [3.05, 3.63) is 35.4 Å². The number of fused-ring (bicyclic) bond motifs is 1. The fourth-order valence-corrected chi connectivity index (χ4v) is 3.48. The van der Waals surface area contributed by atoms with Crippen molar-refractivity contribution in [3.8, 4) is 0 Å². The van der Waals surface area contributed by atoms with E-state index < -0.39 is 0 Å². The van der Waals surface area contributed by atoms with Gasteiger partial charge in [0, 0.05) is 39.0 Å². The fraction of sp³-hybridized carbons (Fsp3) is 0.474. The van der Waals surface area contributed by atoms with E-state index >= 15 is 0 Å². The number of nitrogens with zero attached hydrogens (tertiary/aromatic N) is 2. The quantitative estimate of drug-likeness (QED) is 0.802. The second-order valence-corrected chi connectivity index (χ2v) is 6.76. The molecule has 0 bridgehead atoms. The number of likely N-dealkylation sites (tertiary alicyclic amines) is 1. The lowest BCUT2D eigenvalue weighted by Gasteiger charge is -2.31. The minimum atomic E-state index is -0.289. The summed E-state index contributed by atoms with van der Waals surface area (Å²) in [5.74, 6) is -0.594. The minimum Gasteiger partial charge on any atom is -0.353 e. The van der Waals surface area contributed by atoms with E-state index in [1.807, 2.05) is 0 Å². The summed E-state index contributed by atoms with van der Waals surface area (Å²) in [5.41, 5.74) is 0.860. The van der Waals surface area contributed by atoms with Crippen LogP contribution in [-0.2, 0) is 9.59 Å². The Labute approximate surface area is 152 Å². The summed E-state index contributed by atoms with van der Waals surface area (Å²) in [6.45, 7) is 3.12. The van der Waals surface area contributed by atoms with Gasteiger partial charge in [0.1, 0.15) is 0 Å². The molecule has 0 spiro atoms. The smallest absolute Gasteiger partial charge is 0.261 e. The average Bonchev–Trinajstić information content (AvgIpc) is 2.87. The molecule has 7 heteroatoms. The molecule has 2 aliphatic heterocycles. The highest BCUT2D eigenvalue weighted by molar-refractivity contribution is 6.21. The second kappa shape index (κ2) is 7.68. The number of carbonyl (C=O) groups is 4. The first-order chi connectivity index (χ1) is 12.5. The van der Waals surface area contributed by atoms with E-state index in [2.05, 4.69) is 5.32 Å². The lowest BCUT2D eigenvalue weighted by atomic mass is 10.0. The number of hydrogen-bond acceptors (Lipinski definition) is 4. The number of rotatable bonds is 5. The number of nitrogens with one attached hydrogen (secondary N) is 1. The molecule has 1 aromatic rings. The van der Waals surface area contributed by atoms with Crippen LogP contribution in [0, 0.1) is 0 Å². The molecule has 1 fully saturated rings. The molecule has 138 valence electrons. The highest BCUT2D eigenvalue weighted by Gasteiger charge is 2.34. The third-order valence-corrected chi connectivity index (χ3v) is 4.97. The lowest BCUT2D eigenvalue weighted by Crippen LogP contribution is -2.46. The van der Waals surface area contributed by atoms with Gasteiger partial charge in [-0.15, -0.1) is 0 Å². The molecule has 7 nitrogen and oxygen atoms in total. The molecule has 0 aliphatic carbocycles. The summed E-state index contributed by atoms with van der Waals surface area (Å²) in [4.78, 5) is 50.9. The standard InChI is InChI=1S/C19H23N3O4/c1-13(23)21-11-8-14(9-12-21)20-17(24)7-4-10-22-18(25)15-5-2-3-6-16(15)19(22)26/h2-3,5-6,14H,4,7-12H2,1H3,(H,20,24). The molecule has 4 amide bonds. The molecule has 3 rings (SSSR count). The maximum Gasteiger partial charge on any atom is 0.261 e. The molecule has 2 aliphatic rings. The van der Waals surface area contributed by atoms with Gasteiger partial charge in [-0.25, -0.2) is 0 Å². The Morgan fingerprint density at radius 1 is 1.08 bits per heavy atom. The summed E-state index contributed by atoms with van der Waals surface area (Å²) in [7, 11) is 0. The van der Waals surface area contributed by atoms with Crippen LogP contribution in [0.25, 0.3) is 0 Å². The van der Waals surface area contributed by atoms with Crippen LogP contribution in [-0.4, -0.2) is 59.1 Å². The normalized spacial score (nSPS) is 17.4. The van der Waals surface area contributed by atoms with Crippen LogP contribution in [0.5, 0.6) is 0 Å².